The third kappa shape index (κ3) is 5.91. The maximum absolute atomic E-state index is 12.4. The number of sulfonamides is 1. The largest absolute Gasteiger partial charge is 0.497 e. The molecule has 0 saturated heterocycles. The third-order valence-corrected chi connectivity index (χ3v) is 6.95. The number of ether oxygens (including phenoxy) is 1. The van der Waals surface area contributed by atoms with Crippen molar-refractivity contribution >= 4 is 51.0 Å². The van der Waals surface area contributed by atoms with Crippen molar-refractivity contribution in [2.24, 2.45) is 5.10 Å². The van der Waals surface area contributed by atoms with Gasteiger partial charge in [0.1, 0.15) is 12.3 Å². The first-order chi connectivity index (χ1) is 16.0. The smallest absolute Gasteiger partial charge is 0.260 e. The zero-order valence-corrected chi connectivity index (χ0v) is 21.4. The molecule has 11 heteroatoms. The van der Waals surface area contributed by atoms with Crippen LogP contribution in [0, 0.1) is 13.8 Å². The number of methoxy groups -OCH3 is 1. The van der Waals surface area contributed by atoms with Crippen LogP contribution < -0.4 is 14.5 Å². The van der Waals surface area contributed by atoms with Crippen molar-refractivity contribution < 1.29 is 17.9 Å². The van der Waals surface area contributed by atoms with E-state index in [2.05, 4.69) is 10.5 Å². The normalized spacial score (nSPS) is 11.6. The van der Waals surface area contributed by atoms with Crippen LogP contribution in [0.5, 0.6) is 5.75 Å². The summed E-state index contributed by atoms with van der Waals surface area (Å²) < 4.78 is 32.5. The number of carbonyl (C=O) groups excluding carboxylic acids is 1. The van der Waals surface area contributed by atoms with E-state index in [0.717, 1.165) is 33.2 Å². The number of amides is 1. The van der Waals surface area contributed by atoms with Gasteiger partial charge in [0, 0.05) is 22.6 Å². The number of benzene rings is 2. The van der Waals surface area contributed by atoms with Gasteiger partial charge in [-0.15, -0.1) is 0 Å². The van der Waals surface area contributed by atoms with Gasteiger partial charge in [-0.3, -0.25) is 9.10 Å². The number of halogens is 2. The van der Waals surface area contributed by atoms with Crippen LogP contribution in [0.3, 0.4) is 0 Å². The molecule has 0 atom stereocenters. The first-order valence-electron chi connectivity index (χ1n) is 10.1. The van der Waals surface area contributed by atoms with E-state index >= 15 is 0 Å². The molecular formula is C23H24Cl2N4O4S. The first-order valence-corrected chi connectivity index (χ1v) is 12.7. The lowest BCUT2D eigenvalue weighted by atomic mass is 10.2. The summed E-state index contributed by atoms with van der Waals surface area (Å²) in [7, 11) is -2.19. The molecule has 0 aliphatic rings. The average molecular weight is 523 g/mol. The molecule has 0 aliphatic heterocycles. The molecule has 0 saturated carbocycles. The van der Waals surface area contributed by atoms with Crippen molar-refractivity contribution in [3.63, 3.8) is 0 Å². The number of hydrogen-bond donors (Lipinski definition) is 1. The lowest BCUT2D eigenvalue weighted by Gasteiger charge is -2.21. The van der Waals surface area contributed by atoms with Gasteiger partial charge < -0.3 is 9.30 Å². The fourth-order valence-electron chi connectivity index (χ4n) is 3.43. The Morgan fingerprint density at radius 3 is 2.38 bits per heavy atom. The number of carbonyl (C=O) groups is 1. The van der Waals surface area contributed by atoms with Crippen LogP contribution in [-0.4, -0.2) is 45.0 Å². The maximum atomic E-state index is 12.4. The van der Waals surface area contributed by atoms with Crippen LogP contribution in [-0.2, 0) is 14.8 Å². The highest BCUT2D eigenvalue weighted by Crippen LogP contribution is 2.27. The van der Waals surface area contributed by atoms with Crippen molar-refractivity contribution in [1.82, 2.24) is 9.99 Å². The molecule has 2 aromatic carbocycles. The van der Waals surface area contributed by atoms with E-state index in [0.29, 0.717) is 21.5 Å². The number of nitrogens with zero attached hydrogens (tertiary/aromatic N) is 3. The summed E-state index contributed by atoms with van der Waals surface area (Å²) >= 11 is 12.2. The minimum Gasteiger partial charge on any atom is -0.497 e. The zero-order valence-electron chi connectivity index (χ0n) is 19.0. The van der Waals surface area contributed by atoms with Crippen LogP contribution in [0.25, 0.3) is 5.69 Å². The molecule has 1 amide bonds. The van der Waals surface area contributed by atoms with E-state index in [1.165, 1.54) is 13.3 Å². The van der Waals surface area contributed by atoms with Gasteiger partial charge in [0.2, 0.25) is 10.0 Å². The van der Waals surface area contributed by atoms with Crippen LogP contribution in [0.2, 0.25) is 10.0 Å². The van der Waals surface area contributed by atoms with Gasteiger partial charge in [-0.2, -0.15) is 5.10 Å². The van der Waals surface area contributed by atoms with Gasteiger partial charge in [-0.25, -0.2) is 13.8 Å². The Morgan fingerprint density at radius 2 is 1.79 bits per heavy atom. The summed E-state index contributed by atoms with van der Waals surface area (Å²) in [5.74, 6) is -0.0134. The Labute approximate surface area is 208 Å². The summed E-state index contributed by atoms with van der Waals surface area (Å²) in [6.07, 6.45) is 2.54. The van der Waals surface area contributed by atoms with E-state index in [1.54, 1.807) is 36.4 Å². The second kappa shape index (κ2) is 10.5. The number of hydrazone groups is 1. The molecule has 34 heavy (non-hydrogen) atoms. The average Bonchev–Trinajstić information content (AvgIpc) is 3.06. The highest BCUT2D eigenvalue weighted by atomic mass is 35.5. The molecule has 0 bridgehead atoms. The van der Waals surface area contributed by atoms with Gasteiger partial charge in [0.25, 0.3) is 5.91 Å². The minimum atomic E-state index is -3.70. The van der Waals surface area contributed by atoms with Crippen molar-refractivity contribution in [3.05, 3.63) is 75.5 Å². The minimum absolute atomic E-state index is 0.340. The molecular weight excluding hydrogens is 499 g/mol. The van der Waals surface area contributed by atoms with Gasteiger partial charge in [-0.05, 0) is 62.4 Å². The first kappa shape index (κ1) is 25.6. The summed E-state index contributed by atoms with van der Waals surface area (Å²) in [5.41, 5.74) is 6.17. The third-order valence-electron chi connectivity index (χ3n) is 5.07. The van der Waals surface area contributed by atoms with Gasteiger partial charge >= 0.3 is 0 Å². The molecule has 1 aromatic heterocycles. The topological polar surface area (TPSA) is 93.0 Å². The second-order valence-corrected chi connectivity index (χ2v) is 10.2. The molecule has 0 unspecified atom stereocenters. The summed E-state index contributed by atoms with van der Waals surface area (Å²) in [6, 6.07) is 13.6. The number of nitrogens with one attached hydrogen (secondary N) is 1. The molecule has 0 fully saturated rings. The Bertz CT molecular complexity index is 1340. The molecule has 3 rings (SSSR count). The van der Waals surface area contributed by atoms with Crippen LogP contribution >= 0.6 is 23.2 Å². The predicted octanol–water partition coefficient (Wildman–Crippen LogP) is 4.33. The standard InChI is InChI=1S/C23H24Cl2N4O4S/c1-15-11-17(16(2)29(15)19-7-10-21(24)22(25)12-19)13-26-27-23(30)14-28(34(4,31)32)18-5-8-20(33-3)9-6-18/h5-13H,14H2,1-4H3,(H,27,30)/b26-13+. The Morgan fingerprint density at radius 1 is 1.12 bits per heavy atom. The molecule has 3 aromatic rings. The van der Waals surface area contributed by atoms with Crippen molar-refractivity contribution in [3.8, 4) is 11.4 Å². The zero-order chi connectivity index (χ0) is 25.0. The monoisotopic (exact) mass is 522 g/mol. The molecule has 180 valence electrons. The van der Waals surface area contributed by atoms with Crippen molar-refractivity contribution in [2.75, 3.05) is 24.2 Å². The molecule has 1 N–H and O–H groups in total. The van der Waals surface area contributed by atoms with E-state index in [1.807, 2.05) is 30.5 Å². The fourth-order valence-corrected chi connectivity index (χ4v) is 4.58. The summed E-state index contributed by atoms with van der Waals surface area (Å²) in [6.45, 7) is 3.42. The number of rotatable bonds is 8. The van der Waals surface area contributed by atoms with Crippen LogP contribution in [0.1, 0.15) is 17.0 Å². The molecule has 0 spiro atoms. The highest BCUT2D eigenvalue weighted by molar-refractivity contribution is 7.92. The van der Waals surface area contributed by atoms with Crippen molar-refractivity contribution in [2.45, 2.75) is 13.8 Å². The van der Waals surface area contributed by atoms with Crippen molar-refractivity contribution in [1.29, 1.82) is 0 Å². The molecule has 8 nitrogen and oxygen atoms in total. The fraction of sp³-hybridized carbons (Fsp3) is 0.217. The van der Waals surface area contributed by atoms with E-state index in [-0.39, 0.29) is 0 Å². The Balaban J connectivity index is 1.74. The Hall–Kier alpha value is -3.01. The number of aromatic nitrogens is 1. The van der Waals surface area contributed by atoms with Gasteiger partial charge in [0.05, 0.1) is 35.3 Å². The lowest BCUT2D eigenvalue weighted by molar-refractivity contribution is -0.119. The Kier molecular flexibility index (Phi) is 7.91. The lowest BCUT2D eigenvalue weighted by Crippen LogP contribution is -2.39. The predicted molar refractivity (Wildman–Crippen MR) is 136 cm³/mol. The van der Waals surface area contributed by atoms with Crippen LogP contribution in [0.4, 0.5) is 5.69 Å². The van der Waals surface area contributed by atoms with E-state index in [9.17, 15) is 13.2 Å². The van der Waals surface area contributed by atoms with E-state index in [4.69, 9.17) is 27.9 Å². The quantitative estimate of drug-likeness (QED) is 0.352. The van der Waals surface area contributed by atoms with E-state index < -0.39 is 22.5 Å². The number of hydrogen-bond acceptors (Lipinski definition) is 5. The van der Waals surface area contributed by atoms with Crippen LogP contribution in [0.15, 0.2) is 53.6 Å². The summed E-state index contributed by atoms with van der Waals surface area (Å²) in [5, 5.41) is 4.93. The molecule has 0 aliphatic carbocycles. The highest BCUT2D eigenvalue weighted by Gasteiger charge is 2.21. The summed E-state index contributed by atoms with van der Waals surface area (Å²) in [4.78, 5) is 12.4. The second-order valence-electron chi connectivity index (χ2n) is 7.52. The van der Waals surface area contributed by atoms with Gasteiger partial charge in [-0.1, -0.05) is 23.2 Å². The number of aryl methyl sites for hydroxylation is 1. The van der Waals surface area contributed by atoms with Gasteiger partial charge in [0.15, 0.2) is 0 Å². The molecule has 0 radical (unpaired) electrons. The number of anilines is 1. The maximum Gasteiger partial charge on any atom is 0.260 e. The molecule has 1 heterocycles. The SMILES string of the molecule is COc1ccc(N(CC(=O)N/N=C/c2cc(C)n(-c3ccc(Cl)c(Cl)c3)c2C)S(C)(=O)=O)cc1.